The van der Waals surface area contributed by atoms with Crippen molar-refractivity contribution in [3.8, 4) is 23.0 Å². The molecule has 10 nitrogen and oxygen atoms in total. The Kier molecular flexibility index (Phi) is 12.3. The first-order valence-electron chi connectivity index (χ1n) is 11.8. The van der Waals surface area contributed by atoms with Crippen LogP contribution in [-0.2, 0) is 9.59 Å². The first-order chi connectivity index (χ1) is 17.5. The summed E-state index contributed by atoms with van der Waals surface area (Å²) in [5, 5.41) is 7.94. The number of hydrogen-bond acceptors (Lipinski definition) is 8. The standard InChI is InChI=1S/C26H34N4O6/c1-5-35-21-13-11-19(15-23(21)33-3)17-27-29-25(31)9-7-8-10-26(32)30-28-18-20-12-14-22(36-6-2)24(16-20)34-4/h11-18H,5-10H2,1-4H3,(H,29,31)(H,30,32)/b27-17-,28-18-. The summed E-state index contributed by atoms with van der Waals surface area (Å²) in [4.78, 5) is 23.9. The fourth-order valence-electron chi connectivity index (χ4n) is 3.12. The monoisotopic (exact) mass is 498 g/mol. The van der Waals surface area contributed by atoms with Gasteiger partial charge in [-0.25, -0.2) is 10.9 Å². The third-order valence-electron chi connectivity index (χ3n) is 4.84. The summed E-state index contributed by atoms with van der Waals surface area (Å²) in [5.74, 6) is 2.02. The lowest BCUT2D eigenvalue weighted by molar-refractivity contribution is -0.123. The number of carbonyl (C=O) groups excluding carboxylic acids is 2. The van der Waals surface area contributed by atoms with E-state index < -0.39 is 0 Å². The first-order valence-corrected chi connectivity index (χ1v) is 11.8. The Labute approximate surface area is 211 Å². The maximum atomic E-state index is 12.0. The molecule has 2 aromatic rings. The molecule has 0 fully saturated rings. The molecule has 2 amide bonds. The predicted octanol–water partition coefficient (Wildman–Crippen LogP) is 3.66. The van der Waals surface area contributed by atoms with Gasteiger partial charge in [0.25, 0.3) is 0 Å². The largest absolute Gasteiger partial charge is 0.493 e. The summed E-state index contributed by atoms with van der Waals surface area (Å²) in [6, 6.07) is 10.8. The molecule has 0 saturated carbocycles. The topological polar surface area (TPSA) is 120 Å². The van der Waals surface area contributed by atoms with Gasteiger partial charge in [-0.1, -0.05) is 0 Å². The molecule has 2 aromatic carbocycles. The van der Waals surface area contributed by atoms with Gasteiger partial charge in [0.05, 0.1) is 39.9 Å². The second-order valence-electron chi connectivity index (χ2n) is 7.48. The quantitative estimate of drug-likeness (QED) is 0.220. The highest BCUT2D eigenvalue weighted by atomic mass is 16.5. The molecule has 10 heteroatoms. The highest BCUT2D eigenvalue weighted by Gasteiger charge is 2.06. The van der Waals surface area contributed by atoms with E-state index in [1.807, 2.05) is 26.0 Å². The molecule has 0 saturated heterocycles. The smallest absolute Gasteiger partial charge is 0.240 e. The van der Waals surface area contributed by atoms with Gasteiger partial charge in [0.1, 0.15) is 0 Å². The molecule has 2 rings (SSSR count). The number of ether oxygens (including phenoxy) is 4. The van der Waals surface area contributed by atoms with Gasteiger partial charge in [0.2, 0.25) is 11.8 Å². The van der Waals surface area contributed by atoms with Crippen molar-refractivity contribution < 1.29 is 28.5 Å². The molecule has 0 aliphatic carbocycles. The number of nitrogens with one attached hydrogen (secondary N) is 2. The number of unbranched alkanes of at least 4 members (excludes halogenated alkanes) is 1. The first kappa shape index (κ1) is 28.2. The van der Waals surface area contributed by atoms with Gasteiger partial charge < -0.3 is 18.9 Å². The van der Waals surface area contributed by atoms with Gasteiger partial charge in [0.15, 0.2) is 23.0 Å². The van der Waals surface area contributed by atoms with Crippen LogP contribution in [0.15, 0.2) is 46.6 Å². The lowest BCUT2D eigenvalue weighted by Gasteiger charge is -2.09. The van der Waals surface area contributed by atoms with Gasteiger partial charge in [0, 0.05) is 12.8 Å². The van der Waals surface area contributed by atoms with Crippen LogP contribution in [0.2, 0.25) is 0 Å². The third kappa shape index (κ3) is 9.65. The summed E-state index contributed by atoms with van der Waals surface area (Å²) in [6.45, 7) is 4.86. The van der Waals surface area contributed by atoms with E-state index in [4.69, 9.17) is 18.9 Å². The summed E-state index contributed by atoms with van der Waals surface area (Å²) < 4.78 is 21.5. The van der Waals surface area contributed by atoms with Crippen molar-refractivity contribution in [1.29, 1.82) is 0 Å². The Morgan fingerprint density at radius 2 is 1.14 bits per heavy atom. The number of hydrogen-bond donors (Lipinski definition) is 2. The van der Waals surface area contributed by atoms with Crippen molar-refractivity contribution in [1.82, 2.24) is 10.9 Å². The van der Waals surface area contributed by atoms with Gasteiger partial charge in [-0.15, -0.1) is 0 Å². The average Bonchev–Trinajstić information content (AvgIpc) is 2.88. The molecule has 0 heterocycles. The van der Waals surface area contributed by atoms with Crippen LogP contribution in [-0.4, -0.2) is 51.7 Å². The van der Waals surface area contributed by atoms with Crippen molar-refractivity contribution in [3.63, 3.8) is 0 Å². The van der Waals surface area contributed by atoms with Gasteiger partial charge >= 0.3 is 0 Å². The second kappa shape index (κ2) is 15.8. The molecule has 0 aliphatic heterocycles. The molecule has 0 aromatic heterocycles. The summed E-state index contributed by atoms with van der Waals surface area (Å²) in [7, 11) is 3.12. The average molecular weight is 499 g/mol. The van der Waals surface area contributed by atoms with E-state index in [9.17, 15) is 9.59 Å². The zero-order chi connectivity index (χ0) is 26.2. The van der Waals surface area contributed by atoms with E-state index in [2.05, 4.69) is 21.1 Å². The molecule has 0 unspecified atom stereocenters. The second-order valence-corrected chi connectivity index (χ2v) is 7.48. The zero-order valence-electron chi connectivity index (χ0n) is 21.2. The Morgan fingerprint density at radius 1 is 0.722 bits per heavy atom. The minimum absolute atomic E-state index is 0.230. The fourth-order valence-corrected chi connectivity index (χ4v) is 3.12. The summed E-state index contributed by atoms with van der Waals surface area (Å²) in [6.07, 6.45) is 4.67. The van der Waals surface area contributed by atoms with Crippen molar-refractivity contribution >= 4 is 24.2 Å². The Bertz CT molecular complexity index is 971. The molecule has 194 valence electrons. The van der Waals surface area contributed by atoms with Crippen molar-refractivity contribution in [2.75, 3.05) is 27.4 Å². The normalized spacial score (nSPS) is 10.9. The number of amides is 2. The van der Waals surface area contributed by atoms with E-state index in [-0.39, 0.29) is 24.7 Å². The molecule has 0 aliphatic rings. The summed E-state index contributed by atoms with van der Waals surface area (Å²) in [5.41, 5.74) is 6.49. The highest BCUT2D eigenvalue weighted by molar-refractivity contribution is 5.84. The molecular formula is C26H34N4O6. The molecule has 36 heavy (non-hydrogen) atoms. The van der Waals surface area contributed by atoms with Gasteiger partial charge in [-0.05, 0) is 74.2 Å². The van der Waals surface area contributed by atoms with Crippen LogP contribution in [0.25, 0.3) is 0 Å². The number of carbonyl (C=O) groups is 2. The summed E-state index contributed by atoms with van der Waals surface area (Å²) >= 11 is 0. The molecular weight excluding hydrogens is 464 g/mol. The molecule has 0 atom stereocenters. The predicted molar refractivity (Wildman–Crippen MR) is 138 cm³/mol. The van der Waals surface area contributed by atoms with Crippen LogP contribution in [0, 0.1) is 0 Å². The van der Waals surface area contributed by atoms with E-state index in [1.165, 1.54) is 12.4 Å². The van der Waals surface area contributed by atoms with Gasteiger partial charge in [-0.2, -0.15) is 10.2 Å². The van der Waals surface area contributed by atoms with E-state index in [1.54, 1.807) is 38.5 Å². The Balaban J connectivity index is 1.67. The Morgan fingerprint density at radius 3 is 1.50 bits per heavy atom. The number of rotatable bonds is 15. The number of benzene rings is 2. The van der Waals surface area contributed by atoms with Crippen molar-refractivity contribution in [3.05, 3.63) is 47.5 Å². The van der Waals surface area contributed by atoms with Crippen LogP contribution >= 0.6 is 0 Å². The lowest BCUT2D eigenvalue weighted by atomic mass is 10.2. The molecule has 0 spiro atoms. The van der Waals surface area contributed by atoms with Crippen molar-refractivity contribution in [2.24, 2.45) is 10.2 Å². The minimum atomic E-state index is -0.230. The van der Waals surface area contributed by atoms with E-state index >= 15 is 0 Å². The maximum absolute atomic E-state index is 12.0. The lowest BCUT2D eigenvalue weighted by Crippen LogP contribution is -2.19. The number of hydrazone groups is 2. The van der Waals surface area contributed by atoms with Crippen LogP contribution in [0.5, 0.6) is 23.0 Å². The molecule has 0 bridgehead atoms. The fraction of sp³-hybridized carbons (Fsp3) is 0.385. The zero-order valence-corrected chi connectivity index (χ0v) is 21.2. The molecule has 0 radical (unpaired) electrons. The Hall–Kier alpha value is -4.08. The SMILES string of the molecule is CCOc1ccc(/C=N\NC(=O)CCCCC(=O)N/N=C\c2ccc(OCC)c(OC)c2)cc1OC. The van der Waals surface area contributed by atoms with Crippen LogP contribution in [0.4, 0.5) is 0 Å². The van der Waals surface area contributed by atoms with Gasteiger partial charge in [-0.3, -0.25) is 9.59 Å². The minimum Gasteiger partial charge on any atom is -0.493 e. The number of nitrogens with zero attached hydrogens (tertiary/aromatic N) is 2. The molecule has 2 N–H and O–H groups in total. The van der Waals surface area contributed by atoms with Crippen LogP contribution in [0.1, 0.15) is 50.7 Å². The number of methoxy groups -OCH3 is 2. The van der Waals surface area contributed by atoms with E-state index in [0.717, 1.165) is 11.1 Å². The van der Waals surface area contributed by atoms with Crippen molar-refractivity contribution in [2.45, 2.75) is 39.5 Å². The van der Waals surface area contributed by atoms with Crippen LogP contribution in [0.3, 0.4) is 0 Å². The van der Waals surface area contributed by atoms with E-state index in [0.29, 0.717) is 49.1 Å². The van der Waals surface area contributed by atoms with Crippen LogP contribution < -0.4 is 29.8 Å². The maximum Gasteiger partial charge on any atom is 0.240 e. The third-order valence-corrected chi connectivity index (χ3v) is 4.84. The highest BCUT2D eigenvalue weighted by Crippen LogP contribution is 2.28.